The highest BCUT2D eigenvalue weighted by molar-refractivity contribution is 14.0. The lowest BCUT2D eigenvalue weighted by Gasteiger charge is -2.30. The standard InChI is InChI=1S/C22H37N3O2S.HI/c1-4-7-14-27-20-12-8-10-18(15-20)17-24-22(23-5-2)25-19-11-9-13-21(16-19)28(26)6-3;/h8,10,12,15,19,21H,4-7,9,11,13-14,16-17H2,1-3H3,(H2,23,24,25);1H. The van der Waals surface area contributed by atoms with Crippen LogP contribution in [0.1, 0.15) is 64.9 Å². The molecule has 0 radical (unpaired) electrons. The minimum Gasteiger partial charge on any atom is -0.494 e. The third-order valence-electron chi connectivity index (χ3n) is 5.05. The minimum absolute atomic E-state index is 0. The topological polar surface area (TPSA) is 62.7 Å². The van der Waals surface area contributed by atoms with Crippen LogP contribution in [-0.2, 0) is 17.3 Å². The van der Waals surface area contributed by atoms with Crippen LogP contribution in [0.25, 0.3) is 0 Å². The van der Waals surface area contributed by atoms with Crippen LogP contribution in [0.5, 0.6) is 5.75 Å². The van der Waals surface area contributed by atoms with Gasteiger partial charge in [0.1, 0.15) is 5.75 Å². The molecular formula is C22H38IN3O2S. The van der Waals surface area contributed by atoms with E-state index in [2.05, 4.69) is 36.6 Å². The van der Waals surface area contributed by atoms with Gasteiger partial charge in [0.05, 0.1) is 13.2 Å². The number of hydrogen-bond acceptors (Lipinski definition) is 3. The molecule has 0 aromatic heterocycles. The molecule has 7 heteroatoms. The van der Waals surface area contributed by atoms with E-state index in [1.54, 1.807) is 0 Å². The predicted molar refractivity (Wildman–Crippen MR) is 135 cm³/mol. The third kappa shape index (κ3) is 9.68. The number of unbranched alkanes of at least 4 members (excludes halogenated alkanes) is 1. The molecule has 2 N–H and O–H groups in total. The molecule has 0 saturated heterocycles. The highest BCUT2D eigenvalue weighted by Crippen LogP contribution is 2.23. The van der Waals surface area contributed by atoms with E-state index in [9.17, 15) is 4.21 Å². The van der Waals surface area contributed by atoms with Crippen LogP contribution in [0, 0.1) is 0 Å². The van der Waals surface area contributed by atoms with Gasteiger partial charge < -0.3 is 15.4 Å². The Hall–Kier alpha value is -0.830. The van der Waals surface area contributed by atoms with Gasteiger partial charge in [0.15, 0.2) is 5.96 Å². The normalized spacial score (nSPS) is 20.4. The molecule has 29 heavy (non-hydrogen) atoms. The van der Waals surface area contributed by atoms with Crippen molar-refractivity contribution in [1.29, 1.82) is 0 Å². The van der Waals surface area contributed by atoms with Gasteiger partial charge in [-0.2, -0.15) is 0 Å². The SMILES string of the molecule is CCCCOc1cccc(CN=C(NCC)NC2CCCC(S(=O)CC)C2)c1.I. The second kappa shape index (κ2) is 15.0. The molecule has 166 valence electrons. The number of ether oxygens (including phenoxy) is 1. The van der Waals surface area contributed by atoms with E-state index in [0.717, 1.165) is 74.7 Å². The zero-order chi connectivity index (χ0) is 20.2. The Kier molecular flexibility index (Phi) is 13.6. The maximum absolute atomic E-state index is 12.2. The predicted octanol–water partition coefficient (Wildman–Crippen LogP) is 4.62. The van der Waals surface area contributed by atoms with Gasteiger partial charge in [0.25, 0.3) is 0 Å². The van der Waals surface area contributed by atoms with Gasteiger partial charge in [0, 0.05) is 34.4 Å². The lowest BCUT2D eigenvalue weighted by molar-refractivity contribution is 0.309. The quantitative estimate of drug-likeness (QED) is 0.199. The average molecular weight is 536 g/mol. The molecule has 0 spiro atoms. The summed E-state index contributed by atoms with van der Waals surface area (Å²) in [7, 11) is -0.707. The molecule has 0 heterocycles. The molecule has 5 nitrogen and oxygen atoms in total. The Morgan fingerprint density at radius 2 is 2.10 bits per heavy atom. The van der Waals surface area contributed by atoms with Crippen molar-refractivity contribution in [1.82, 2.24) is 10.6 Å². The van der Waals surface area contributed by atoms with Crippen molar-refractivity contribution in [2.24, 2.45) is 4.99 Å². The molecule has 0 aliphatic heterocycles. The van der Waals surface area contributed by atoms with Gasteiger partial charge in [-0.15, -0.1) is 24.0 Å². The van der Waals surface area contributed by atoms with Crippen LogP contribution in [0.2, 0.25) is 0 Å². The number of halogens is 1. The van der Waals surface area contributed by atoms with Gasteiger partial charge in [-0.1, -0.05) is 38.8 Å². The first kappa shape index (κ1) is 26.2. The summed E-state index contributed by atoms with van der Waals surface area (Å²) < 4.78 is 18.0. The Morgan fingerprint density at radius 3 is 2.83 bits per heavy atom. The van der Waals surface area contributed by atoms with Crippen molar-refractivity contribution >= 4 is 40.7 Å². The monoisotopic (exact) mass is 535 g/mol. The maximum Gasteiger partial charge on any atom is 0.191 e. The van der Waals surface area contributed by atoms with Gasteiger partial charge >= 0.3 is 0 Å². The van der Waals surface area contributed by atoms with Crippen LogP contribution in [-0.4, -0.2) is 40.4 Å². The first-order chi connectivity index (χ1) is 13.7. The summed E-state index contributed by atoms with van der Waals surface area (Å²) >= 11 is 0. The lowest BCUT2D eigenvalue weighted by atomic mass is 9.95. The van der Waals surface area contributed by atoms with E-state index < -0.39 is 10.8 Å². The molecule has 1 aliphatic carbocycles. The Bertz CT molecular complexity index is 642. The molecule has 1 aromatic rings. The largest absolute Gasteiger partial charge is 0.494 e. The van der Waals surface area contributed by atoms with Crippen LogP contribution in [0.3, 0.4) is 0 Å². The summed E-state index contributed by atoms with van der Waals surface area (Å²) in [6.07, 6.45) is 6.49. The maximum atomic E-state index is 12.2. The third-order valence-corrected chi connectivity index (χ3v) is 6.79. The van der Waals surface area contributed by atoms with Crippen molar-refractivity contribution in [2.45, 2.75) is 77.1 Å². The van der Waals surface area contributed by atoms with Gasteiger partial charge in [-0.25, -0.2) is 4.99 Å². The number of hydrogen-bond donors (Lipinski definition) is 2. The number of rotatable bonds is 10. The molecule has 2 rings (SSSR count). The fraction of sp³-hybridized carbons (Fsp3) is 0.682. The van der Waals surface area contributed by atoms with Crippen molar-refractivity contribution in [3.8, 4) is 5.75 Å². The van der Waals surface area contributed by atoms with Gasteiger partial charge in [-0.05, 0) is 50.3 Å². The molecule has 1 aliphatic rings. The first-order valence-corrected chi connectivity index (χ1v) is 12.2. The summed E-state index contributed by atoms with van der Waals surface area (Å²) in [5, 5.41) is 7.23. The second-order valence-electron chi connectivity index (χ2n) is 7.34. The molecule has 1 aromatic carbocycles. The van der Waals surface area contributed by atoms with Crippen LogP contribution < -0.4 is 15.4 Å². The number of guanidine groups is 1. The average Bonchev–Trinajstić information content (AvgIpc) is 2.72. The van der Waals surface area contributed by atoms with E-state index in [1.807, 2.05) is 19.1 Å². The molecule has 0 amide bonds. The number of benzene rings is 1. The molecule has 3 atom stereocenters. The molecular weight excluding hydrogens is 497 g/mol. The summed E-state index contributed by atoms with van der Waals surface area (Å²) in [4.78, 5) is 4.77. The number of aliphatic imine (C=N–C) groups is 1. The van der Waals surface area contributed by atoms with Crippen LogP contribution >= 0.6 is 24.0 Å². The zero-order valence-electron chi connectivity index (χ0n) is 18.1. The van der Waals surface area contributed by atoms with E-state index in [1.165, 1.54) is 0 Å². The second-order valence-corrected chi connectivity index (χ2v) is 9.35. The number of nitrogens with zero attached hydrogens (tertiary/aromatic N) is 1. The van der Waals surface area contributed by atoms with Crippen molar-refractivity contribution < 1.29 is 8.95 Å². The van der Waals surface area contributed by atoms with Crippen molar-refractivity contribution in [3.05, 3.63) is 29.8 Å². The van der Waals surface area contributed by atoms with Crippen molar-refractivity contribution in [3.63, 3.8) is 0 Å². The lowest BCUT2D eigenvalue weighted by Crippen LogP contribution is -2.46. The van der Waals surface area contributed by atoms with Crippen molar-refractivity contribution in [2.75, 3.05) is 18.9 Å². The van der Waals surface area contributed by atoms with E-state index >= 15 is 0 Å². The Balaban J connectivity index is 0.00000420. The van der Waals surface area contributed by atoms with E-state index in [4.69, 9.17) is 9.73 Å². The zero-order valence-corrected chi connectivity index (χ0v) is 21.3. The number of nitrogens with one attached hydrogen (secondary N) is 2. The van der Waals surface area contributed by atoms with Crippen LogP contribution in [0.4, 0.5) is 0 Å². The van der Waals surface area contributed by atoms with E-state index in [-0.39, 0.29) is 24.0 Å². The summed E-state index contributed by atoms with van der Waals surface area (Å²) in [6.45, 7) is 8.45. The summed E-state index contributed by atoms with van der Waals surface area (Å²) in [5.41, 5.74) is 1.14. The first-order valence-electron chi connectivity index (χ1n) is 10.8. The molecule has 3 unspecified atom stereocenters. The fourth-order valence-electron chi connectivity index (χ4n) is 3.50. The molecule has 1 fully saturated rings. The molecule has 1 saturated carbocycles. The highest BCUT2D eigenvalue weighted by atomic mass is 127. The van der Waals surface area contributed by atoms with Crippen LogP contribution in [0.15, 0.2) is 29.3 Å². The van der Waals surface area contributed by atoms with Gasteiger partial charge in [-0.3, -0.25) is 4.21 Å². The Labute approximate surface area is 196 Å². The summed E-state index contributed by atoms with van der Waals surface area (Å²) in [5.74, 6) is 2.51. The smallest absolute Gasteiger partial charge is 0.191 e. The minimum atomic E-state index is -0.707. The van der Waals surface area contributed by atoms with E-state index in [0.29, 0.717) is 17.8 Å². The fourth-order valence-corrected chi connectivity index (χ4v) is 4.85. The Morgan fingerprint density at radius 1 is 1.28 bits per heavy atom. The highest BCUT2D eigenvalue weighted by Gasteiger charge is 2.26. The van der Waals surface area contributed by atoms with Gasteiger partial charge in [0.2, 0.25) is 0 Å². The molecule has 0 bridgehead atoms. The summed E-state index contributed by atoms with van der Waals surface area (Å²) in [6, 6.07) is 8.53.